The third-order valence-electron chi connectivity index (χ3n) is 4.11. The number of nitrogens with one attached hydrogen (secondary N) is 2. The van der Waals surface area contributed by atoms with Crippen molar-refractivity contribution in [2.45, 2.75) is 31.8 Å². The van der Waals surface area contributed by atoms with Crippen LogP contribution in [0.2, 0.25) is 0 Å². The predicted octanol–water partition coefficient (Wildman–Crippen LogP) is 2.75. The second-order valence-corrected chi connectivity index (χ2v) is 6.09. The Morgan fingerprint density at radius 3 is 2.81 bits per heavy atom. The Morgan fingerprint density at radius 2 is 2.05 bits per heavy atom. The van der Waals surface area contributed by atoms with E-state index in [-0.39, 0.29) is 0 Å². The van der Waals surface area contributed by atoms with E-state index in [1.54, 1.807) is 0 Å². The molecule has 21 heavy (non-hydrogen) atoms. The summed E-state index contributed by atoms with van der Waals surface area (Å²) in [5, 5.41) is 7.28. The summed E-state index contributed by atoms with van der Waals surface area (Å²) >= 11 is 5.41. The number of para-hydroxylation sites is 2. The summed E-state index contributed by atoms with van der Waals surface area (Å²) < 4.78 is 5.60. The minimum absolute atomic E-state index is 0.304. The van der Waals surface area contributed by atoms with Gasteiger partial charge in [-0.3, -0.25) is 0 Å². The molecule has 1 atom stereocenters. The van der Waals surface area contributed by atoms with E-state index >= 15 is 0 Å². The highest BCUT2D eigenvalue weighted by Crippen LogP contribution is 2.28. The average Bonchev–Trinajstić information content (AvgIpc) is 3.19. The Labute approximate surface area is 131 Å². The second kappa shape index (κ2) is 7.09. The van der Waals surface area contributed by atoms with Crippen LogP contribution in [0.3, 0.4) is 0 Å². The van der Waals surface area contributed by atoms with E-state index in [0.29, 0.717) is 11.2 Å². The number of rotatable bonds is 4. The van der Waals surface area contributed by atoms with Crippen molar-refractivity contribution in [3.63, 3.8) is 0 Å². The van der Waals surface area contributed by atoms with E-state index in [0.717, 1.165) is 44.8 Å². The van der Waals surface area contributed by atoms with Gasteiger partial charge in [0, 0.05) is 26.2 Å². The molecule has 4 nitrogen and oxygen atoms in total. The fourth-order valence-corrected chi connectivity index (χ4v) is 3.18. The van der Waals surface area contributed by atoms with Gasteiger partial charge in [-0.2, -0.15) is 0 Å². The van der Waals surface area contributed by atoms with Gasteiger partial charge in [-0.1, -0.05) is 12.1 Å². The van der Waals surface area contributed by atoms with Crippen LogP contribution >= 0.6 is 12.2 Å². The fraction of sp³-hybridized carbons (Fsp3) is 0.562. The molecule has 114 valence electrons. The van der Waals surface area contributed by atoms with Crippen LogP contribution < -0.4 is 15.5 Å². The summed E-state index contributed by atoms with van der Waals surface area (Å²) in [6.07, 6.45) is 5.13. The number of hydrogen-bond donors (Lipinski definition) is 2. The molecule has 0 bridgehead atoms. The van der Waals surface area contributed by atoms with Gasteiger partial charge in [-0.05, 0) is 50.0 Å². The maximum Gasteiger partial charge on any atom is 0.170 e. The van der Waals surface area contributed by atoms with Gasteiger partial charge in [-0.25, -0.2) is 0 Å². The van der Waals surface area contributed by atoms with Gasteiger partial charge in [0.05, 0.1) is 17.5 Å². The van der Waals surface area contributed by atoms with Crippen LogP contribution in [-0.2, 0) is 4.74 Å². The molecular weight excluding hydrogens is 282 g/mol. The third kappa shape index (κ3) is 3.86. The first-order valence-electron chi connectivity index (χ1n) is 7.83. The van der Waals surface area contributed by atoms with E-state index in [4.69, 9.17) is 17.0 Å². The molecule has 0 spiro atoms. The van der Waals surface area contributed by atoms with E-state index in [1.807, 2.05) is 6.07 Å². The summed E-state index contributed by atoms with van der Waals surface area (Å²) in [6, 6.07) is 8.39. The van der Waals surface area contributed by atoms with Gasteiger partial charge >= 0.3 is 0 Å². The maximum absolute atomic E-state index is 5.60. The average molecular weight is 305 g/mol. The van der Waals surface area contributed by atoms with Crippen LogP contribution in [0, 0.1) is 0 Å². The lowest BCUT2D eigenvalue weighted by atomic mass is 10.2. The van der Waals surface area contributed by atoms with Crippen LogP contribution in [-0.4, -0.2) is 37.5 Å². The number of hydrogen-bond acceptors (Lipinski definition) is 3. The number of benzene rings is 1. The Kier molecular flexibility index (Phi) is 4.93. The second-order valence-electron chi connectivity index (χ2n) is 5.68. The zero-order chi connectivity index (χ0) is 14.5. The molecule has 2 fully saturated rings. The molecule has 5 heteroatoms. The van der Waals surface area contributed by atoms with Crippen molar-refractivity contribution in [3.05, 3.63) is 24.3 Å². The molecule has 0 aromatic heterocycles. The van der Waals surface area contributed by atoms with Gasteiger partial charge in [0.2, 0.25) is 0 Å². The first kappa shape index (κ1) is 14.6. The first-order valence-corrected chi connectivity index (χ1v) is 8.24. The minimum Gasteiger partial charge on any atom is -0.376 e. The Hall–Kier alpha value is -1.33. The molecule has 2 N–H and O–H groups in total. The zero-order valence-electron chi connectivity index (χ0n) is 12.3. The molecule has 3 rings (SSSR count). The monoisotopic (exact) mass is 305 g/mol. The van der Waals surface area contributed by atoms with E-state index in [2.05, 4.69) is 33.7 Å². The van der Waals surface area contributed by atoms with E-state index in [9.17, 15) is 0 Å². The van der Waals surface area contributed by atoms with Crippen LogP contribution in [0.4, 0.5) is 11.4 Å². The first-order chi connectivity index (χ1) is 10.3. The van der Waals surface area contributed by atoms with Crippen molar-refractivity contribution in [1.82, 2.24) is 5.32 Å². The molecule has 1 aromatic rings. The lowest BCUT2D eigenvalue weighted by Crippen LogP contribution is -2.35. The number of nitrogens with zero attached hydrogens (tertiary/aromatic N) is 1. The van der Waals surface area contributed by atoms with E-state index < -0.39 is 0 Å². The highest BCUT2D eigenvalue weighted by molar-refractivity contribution is 7.80. The number of anilines is 2. The topological polar surface area (TPSA) is 36.5 Å². The highest BCUT2D eigenvalue weighted by Gasteiger charge is 2.17. The molecule has 0 amide bonds. The summed E-state index contributed by atoms with van der Waals surface area (Å²) in [6.45, 7) is 3.94. The minimum atomic E-state index is 0.304. The van der Waals surface area contributed by atoms with E-state index in [1.165, 1.54) is 18.5 Å². The summed E-state index contributed by atoms with van der Waals surface area (Å²) in [5.74, 6) is 0. The molecule has 2 heterocycles. The number of ether oxygens (including phenoxy) is 1. The summed E-state index contributed by atoms with van der Waals surface area (Å²) in [5.41, 5.74) is 2.33. The van der Waals surface area contributed by atoms with Crippen molar-refractivity contribution in [3.8, 4) is 0 Å². The van der Waals surface area contributed by atoms with Gasteiger partial charge in [0.1, 0.15) is 0 Å². The van der Waals surface area contributed by atoms with Gasteiger partial charge < -0.3 is 20.3 Å². The molecular formula is C16H23N3OS. The molecule has 0 aliphatic carbocycles. The van der Waals surface area contributed by atoms with Crippen molar-refractivity contribution in [2.24, 2.45) is 0 Å². The Balaban J connectivity index is 1.57. The Bertz CT molecular complexity index is 482. The molecule has 2 aliphatic heterocycles. The third-order valence-corrected chi connectivity index (χ3v) is 4.36. The SMILES string of the molecule is S=C(NC[C@H]1CCCO1)Nc1ccccc1N1CCCC1. The Morgan fingerprint density at radius 1 is 1.24 bits per heavy atom. The zero-order valence-corrected chi connectivity index (χ0v) is 13.1. The van der Waals surface area contributed by atoms with Crippen LogP contribution in [0.25, 0.3) is 0 Å². The molecule has 0 unspecified atom stereocenters. The molecule has 1 aromatic carbocycles. The van der Waals surface area contributed by atoms with Crippen LogP contribution in [0.15, 0.2) is 24.3 Å². The van der Waals surface area contributed by atoms with Crippen molar-refractivity contribution in [1.29, 1.82) is 0 Å². The van der Waals surface area contributed by atoms with Crippen LogP contribution in [0.5, 0.6) is 0 Å². The molecule has 0 saturated carbocycles. The van der Waals surface area contributed by atoms with Gasteiger partial charge in [0.15, 0.2) is 5.11 Å². The lowest BCUT2D eigenvalue weighted by molar-refractivity contribution is 0.114. The maximum atomic E-state index is 5.60. The lowest BCUT2D eigenvalue weighted by Gasteiger charge is -2.22. The fourth-order valence-electron chi connectivity index (χ4n) is 2.99. The normalized spacial score (nSPS) is 21.5. The highest BCUT2D eigenvalue weighted by atomic mass is 32.1. The van der Waals surface area contributed by atoms with Crippen molar-refractivity contribution >= 4 is 28.7 Å². The van der Waals surface area contributed by atoms with Gasteiger partial charge in [-0.15, -0.1) is 0 Å². The van der Waals surface area contributed by atoms with Gasteiger partial charge in [0.25, 0.3) is 0 Å². The quantitative estimate of drug-likeness (QED) is 0.837. The molecule has 2 aliphatic rings. The smallest absolute Gasteiger partial charge is 0.170 e. The standard InChI is InChI=1S/C16H23N3OS/c21-16(17-12-13-6-5-11-20-13)18-14-7-1-2-8-15(14)19-9-3-4-10-19/h1-2,7-8,13H,3-6,9-12H2,(H2,17,18,21)/t13-/m1/s1. The predicted molar refractivity (Wildman–Crippen MR) is 91.1 cm³/mol. The van der Waals surface area contributed by atoms with Crippen LogP contribution in [0.1, 0.15) is 25.7 Å². The summed E-state index contributed by atoms with van der Waals surface area (Å²) in [7, 11) is 0. The van der Waals surface area contributed by atoms with Crippen molar-refractivity contribution < 1.29 is 4.74 Å². The van der Waals surface area contributed by atoms with Crippen molar-refractivity contribution in [2.75, 3.05) is 36.5 Å². The number of thiocarbonyl (C=S) groups is 1. The molecule has 0 radical (unpaired) electrons. The molecule has 2 saturated heterocycles. The largest absolute Gasteiger partial charge is 0.376 e. The summed E-state index contributed by atoms with van der Waals surface area (Å²) in [4.78, 5) is 2.42.